The Morgan fingerprint density at radius 2 is 0.580 bits per heavy atom. The van der Waals surface area contributed by atoms with Crippen LogP contribution in [-0.4, -0.2) is 37.2 Å². The molecule has 0 spiro atoms. The van der Waals surface area contributed by atoms with E-state index in [0.29, 0.717) is 19.3 Å². The Hall–Kier alpha value is -2.89. The van der Waals surface area contributed by atoms with Crippen LogP contribution in [0, 0.1) is 0 Å². The van der Waals surface area contributed by atoms with Gasteiger partial charge < -0.3 is 14.2 Å². The van der Waals surface area contributed by atoms with E-state index in [9.17, 15) is 14.4 Å². The molecule has 0 bridgehead atoms. The number of carbonyl (C=O) groups excluding carboxylic acids is 3. The second kappa shape index (κ2) is 57.7. The van der Waals surface area contributed by atoms with E-state index >= 15 is 0 Å². The van der Waals surface area contributed by atoms with E-state index in [1.54, 1.807) is 0 Å². The molecule has 0 N–H and O–H groups in total. The normalized spacial score (nSPS) is 12.4. The minimum Gasteiger partial charge on any atom is -0.462 e. The fraction of sp³-hybridized carbons (Fsp3) is 0.794. The van der Waals surface area contributed by atoms with Crippen LogP contribution in [0.2, 0.25) is 0 Å². The van der Waals surface area contributed by atoms with Crippen LogP contribution in [0.3, 0.4) is 0 Å². The molecule has 0 aromatic carbocycles. The lowest BCUT2D eigenvalue weighted by molar-refractivity contribution is -0.167. The fourth-order valence-electron chi connectivity index (χ4n) is 8.63. The van der Waals surface area contributed by atoms with E-state index < -0.39 is 6.10 Å². The molecule has 1 unspecified atom stereocenters. The van der Waals surface area contributed by atoms with Gasteiger partial charge in [-0.2, -0.15) is 0 Å². The molecule has 0 aliphatic heterocycles. The van der Waals surface area contributed by atoms with Crippen molar-refractivity contribution in [1.82, 2.24) is 0 Å². The Morgan fingerprint density at radius 1 is 0.304 bits per heavy atom. The van der Waals surface area contributed by atoms with Gasteiger partial charge in [0, 0.05) is 19.3 Å². The topological polar surface area (TPSA) is 78.9 Å². The second-order valence-corrected chi connectivity index (χ2v) is 20.0. The fourth-order valence-corrected chi connectivity index (χ4v) is 8.63. The predicted molar refractivity (Wildman–Crippen MR) is 298 cm³/mol. The molecule has 0 heterocycles. The first kappa shape index (κ1) is 66.1. The first-order chi connectivity index (χ1) is 34.0. The maximum absolute atomic E-state index is 12.9. The van der Waals surface area contributed by atoms with Crippen molar-refractivity contribution < 1.29 is 28.6 Å². The van der Waals surface area contributed by atoms with Gasteiger partial charge in [-0.05, 0) is 64.2 Å². The Kier molecular flexibility index (Phi) is 55.3. The third kappa shape index (κ3) is 55.9. The Labute approximate surface area is 428 Å². The van der Waals surface area contributed by atoms with E-state index in [2.05, 4.69) is 63.3 Å². The van der Waals surface area contributed by atoms with Crippen molar-refractivity contribution in [2.45, 2.75) is 309 Å². The molecule has 0 aromatic rings. The molecule has 6 nitrogen and oxygen atoms in total. The highest BCUT2D eigenvalue weighted by Gasteiger charge is 2.19. The average Bonchev–Trinajstić information content (AvgIpc) is 3.35. The monoisotopic (exact) mass is 965 g/mol. The number of esters is 3. The van der Waals surface area contributed by atoms with Gasteiger partial charge in [-0.3, -0.25) is 14.4 Å². The predicted octanol–water partition coefficient (Wildman–Crippen LogP) is 20.0. The quantitative estimate of drug-likeness (QED) is 0.0199. The molecule has 0 aliphatic carbocycles. The summed E-state index contributed by atoms with van der Waals surface area (Å²) in [6, 6.07) is 0. The molecule has 0 aromatic heterocycles. The molecule has 0 radical (unpaired) electrons. The summed E-state index contributed by atoms with van der Waals surface area (Å²) in [6.45, 7) is 6.52. The van der Waals surface area contributed by atoms with Crippen LogP contribution in [0.5, 0.6) is 0 Å². The third-order valence-corrected chi connectivity index (χ3v) is 13.1. The average molecular weight is 966 g/mol. The highest BCUT2D eigenvalue weighted by Crippen LogP contribution is 2.17. The molecule has 0 rings (SSSR count). The highest BCUT2D eigenvalue weighted by molar-refractivity contribution is 5.71. The van der Waals surface area contributed by atoms with Gasteiger partial charge in [0.05, 0.1) is 0 Å². The first-order valence-electron chi connectivity index (χ1n) is 29.8. The van der Waals surface area contributed by atoms with Crippen LogP contribution in [-0.2, 0) is 28.6 Å². The lowest BCUT2D eigenvalue weighted by atomic mass is 10.0. The summed E-state index contributed by atoms with van der Waals surface area (Å²) in [5.74, 6) is -0.900. The summed E-state index contributed by atoms with van der Waals surface area (Å²) in [6.07, 6.45) is 72.1. The maximum atomic E-state index is 12.9. The molecule has 1 atom stereocenters. The van der Waals surface area contributed by atoms with Crippen LogP contribution in [0.1, 0.15) is 303 Å². The van der Waals surface area contributed by atoms with E-state index in [0.717, 1.165) is 89.9 Å². The zero-order valence-electron chi connectivity index (χ0n) is 45.8. The summed E-state index contributed by atoms with van der Waals surface area (Å²) in [5.41, 5.74) is 0. The van der Waals surface area contributed by atoms with Crippen molar-refractivity contribution in [3.8, 4) is 0 Å². The van der Waals surface area contributed by atoms with E-state index in [4.69, 9.17) is 14.2 Å². The van der Waals surface area contributed by atoms with E-state index in [1.165, 1.54) is 173 Å². The molecule has 69 heavy (non-hydrogen) atoms. The molecule has 0 saturated carbocycles. The largest absolute Gasteiger partial charge is 0.462 e. The van der Waals surface area contributed by atoms with Gasteiger partial charge in [-0.25, -0.2) is 0 Å². The van der Waals surface area contributed by atoms with Gasteiger partial charge in [0.25, 0.3) is 0 Å². The van der Waals surface area contributed by atoms with Crippen molar-refractivity contribution >= 4 is 17.9 Å². The summed E-state index contributed by atoms with van der Waals surface area (Å²) in [5, 5.41) is 0. The number of unbranched alkanes of at least 4 members (excludes halogenated alkanes) is 36. The molecule has 0 amide bonds. The Bertz CT molecular complexity index is 1250. The van der Waals surface area contributed by atoms with Crippen molar-refractivity contribution in [3.63, 3.8) is 0 Å². The number of carbonyl (C=O) groups is 3. The van der Waals surface area contributed by atoms with E-state index in [-0.39, 0.29) is 31.1 Å². The highest BCUT2D eigenvalue weighted by atomic mass is 16.6. The summed E-state index contributed by atoms with van der Waals surface area (Å²) in [7, 11) is 0. The van der Waals surface area contributed by atoms with Gasteiger partial charge >= 0.3 is 17.9 Å². The Morgan fingerprint density at radius 3 is 0.928 bits per heavy atom. The molecular formula is C63H112O6. The molecule has 400 valence electrons. The van der Waals surface area contributed by atoms with Gasteiger partial charge in [0.2, 0.25) is 0 Å². The maximum Gasteiger partial charge on any atom is 0.306 e. The zero-order chi connectivity index (χ0) is 50.0. The van der Waals surface area contributed by atoms with Gasteiger partial charge in [-0.1, -0.05) is 281 Å². The second-order valence-electron chi connectivity index (χ2n) is 20.0. The van der Waals surface area contributed by atoms with Gasteiger partial charge in [0.1, 0.15) is 13.2 Å². The standard InChI is InChI=1S/C63H112O6/c1-4-7-10-13-16-19-22-25-28-30-32-35-38-41-44-47-50-53-56-62(65)68-59-60(58-67-61(64)55-52-49-46-43-40-37-34-27-24-21-18-15-12-9-6-3)69-63(66)57-54-51-48-45-42-39-36-33-31-29-26-23-20-17-14-11-8-5-2/h9,12,15,18,21,24,27,32,34-35,60H,4-8,10-11,13-14,16-17,19-20,22-23,25-26,28-31,33,36-59H2,1-3H3/b12-9-,18-15-,24-21-,34-27-,35-32-. The van der Waals surface area contributed by atoms with Crippen molar-refractivity contribution in [2.24, 2.45) is 0 Å². The van der Waals surface area contributed by atoms with Crippen LogP contribution in [0.4, 0.5) is 0 Å². The zero-order valence-corrected chi connectivity index (χ0v) is 45.8. The molecule has 0 saturated heterocycles. The van der Waals surface area contributed by atoms with Crippen molar-refractivity contribution in [1.29, 1.82) is 0 Å². The summed E-state index contributed by atoms with van der Waals surface area (Å²) < 4.78 is 16.9. The molecule has 0 fully saturated rings. The smallest absolute Gasteiger partial charge is 0.306 e. The minimum atomic E-state index is -0.786. The summed E-state index contributed by atoms with van der Waals surface area (Å²) in [4.78, 5) is 38.2. The Balaban J connectivity index is 4.38. The van der Waals surface area contributed by atoms with Crippen molar-refractivity contribution in [3.05, 3.63) is 60.8 Å². The van der Waals surface area contributed by atoms with Crippen LogP contribution >= 0.6 is 0 Å². The number of allylic oxidation sites excluding steroid dienone is 10. The number of hydrogen-bond donors (Lipinski definition) is 0. The molecule has 6 heteroatoms. The number of ether oxygens (including phenoxy) is 3. The lowest BCUT2D eigenvalue weighted by Gasteiger charge is -2.18. The third-order valence-electron chi connectivity index (χ3n) is 13.1. The van der Waals surface area contributed by atoms with Crippen LogP contribution in [0.15, 0.2) is 60.8 Å². The summed E-state index contributed by atoms with van der Waals surface area (Å²) >= 11 is 0. The first-order valence-corrected chi connectivity index (χ1v) is 29.8. The SMILES string of the molecule is CC\C=C/C=C\C=C/C=C\CCCCCCCC(=O)OCC(COC(=O)CCCCCCC/C=C\CCCCCCCCCCC)OC(=O)CCCCCCCCCCCCCCCCCCCC. The minimum absolute atomic E-state index is 0.0837. The van der Waals surface area contributed by atoms with Crippen LogP contribution in [0.25, 0.3) is 0 Å². The molecule has 0 aliphatic rings. The van der Waals surface area contributed by atoms with Gasteiger partial charge in [-0.15, -0.1) is 0 Å². The van der Waals surface area contributed by atoms with E-state index in [1.807, 2.05) is 18.2 Å². The van der Waals surface area contributed by atoms with Gasteiger partial charge in [0.15, 0.2) is 6.10 Å². The molecular weight excluding hydrogens is 853 g/mol. The lowest BCUT2D eigenvalue weighted by Crippen LogP contribution is -2.30. The number of hydrogen-bond acceptors (Lipinski definition) is 6. The van der Waals surface area contributed by atoms with Crippen molar-refractivity contribution in [2.75, 3.05) is 13.2 Å². The number of rotatable bonds is 54. The van der Waals surface area contributed by atoms with Crippen LogP contribution < -0.4 is 0 Å².